The fourth-order valence-corrected chi connectivity index (χ4v) is 4.51. The van der Waals surface area contributed by atoms with Gasteiger partial charge in [0.2, 0.25) is 10.0 Å². The first-order chi connectivity index (χ1) is 10.5. The number of rotatable bonds is 5. The number of sulfonamides is 1. The molecule has 1 saturated carbocycles. The molecule has 2 aliphatic rings. The molecule has 9 heteroatoms. The van der Waals surface area contributed by atoms with E-state index in [1.54, 1.807) is 4.31 Å². The summed E-state index contributed by atoms with van der Waals surface area (Å²) in [5, 5.41) is 11.7. The van der Waals surface area contributed by atoms with Gasteiger partial charge in [0, 0.05) is 19.1 Å². The summed E-state index contributed by atoms with van der Waals surface area (Å²) < 4.78 is 26.1. The van der Waals surface area contributed by atoms with Crippen LogP contribution < -0.4 is 5.32 Å². The smallest absolute Gasteiger partial charge is 0.356 e. The van der Waals surface area contributed by atoms with Gasteiger partial charge in [0.1, 0.15) is 5.82 Å². The summed E-state index contributed by atoms with van der Waals surface area (Å²) in [7, 11) is -3.15. The lowest BCUT2D eigenvalue weighted by molar-refractivity contribution is 0.0690. The van der Waals surface area contributed by atoms with Crippen molar-refractivity contribution >= 4 is 21.8 Å². The predicted molar refractivity (Wildman–Crippen MR) is 79.2 cm³/mol. The van der Waals surface area contributed by atoms with E-state index in [1.165, 1.54) is 12.4 Å². The van der Waals surface area contributed by atoms with Gasteiger partial charge in [-0.1, -0.05) is 0 Å². The van der Waals surface area contributed by atoms with Gasteiger partial charge in [-0.05, 0) is 25.7 Å². The molecule has 0 unspecified atom stereocenters. The largest absolute Gasteiger partial charge is 0.476 e. The summed E-state index contributed by atoms with van der Waals surface area (Å²) in [5.74, 6) is -0.668. The molecule has 2 heterocycles. The molecule has 0 radical (unpaired) electrons. The molecule has 1 aromatic heterocycles. The van der Waals surface area contributed by atoms with Gasteiger partial charge in [-0.25, -0.2) is 23.2 Å². The van der Waals surface area contributed by atoms with Crippen LogP contribution in [0, 0.1) is 0 Å². The molecule has 1 aliphatic carbocycles. The van der Waals surface area contributed by atoms with E-state index in [2.05, 4.69) is 15.3 Å². The van der Waals surface area contributed by atoms with Crippen LogP contribution in [0.4, 0.5) is 5.82 Å². The maximum atomic E-state index is 12.3. The maximum Gasteiger partial charge on any atom is 0.356 e. The van der Waals surface area contributed by atoms with Crippen LogP contribution in [-0.4, -0.2) is 58.1 Å². The molecule has 0 amide bonds. The van der Waals surface area contributed by atoms with Crippen LogP contribution in [0.15, 0.2) is 12.4 Å². The number of hydrogen-bond acceptors (Lipinski definition) is 6. The monoisotopic (exact) mass is 326 g/mol. The number of piperidine rings is 1. The molecule has 0 spiro atoms. The first-order valence-corrected chi connectivity index (χ1v) is 8.78. The van der Waals surface area contributed by atoms with Gasteiger partial charge in [0.05, 0.1) is 17.6 Å². The lowest BCUT2D eigenvalue weighted by Crippen LogP contribution is -2.46. The second-order valence-electron chi connectivity index (χ2n) is 5.68. The number of nitrogens with zero attached hydrogens (tertiary/aromatic N) is 3. The number of carboxylic acid groups (broad SMARTS) is 1. The lowest BCUT2D eigenvalue weighted by Gasteiger charge is -2.32. The maximum absolute atomic E-state index is 12.3. The minimum Gasteiger partial charge on any atom is -0.476 e. The average Bonchev–Trinajstić information content (AvgIpc) is 3.33. The summed E-state index contributed by atoms with van der Waals surface area (Å²) in [5.41, 5.74) is -0.118. The molecule has 120 valence electrons. The Hall–Kier alpha value is -1.74. The number of carboxylic acids is 1. The number of nitrogens with one attached hydrogen (secondary N) is 1. The third kappa shape index (κ3) is 3.20. The van der Waals surface area contributed by atoms with Gasteiger partial charge in [-0.3, -0.25) is 0 Å². The highest BCUT2D eigenvalue weighted by atomic mass is 32.2. The van der Waals surface area contributed by atoms with Gasteiger partial charge in [0.25, 0.3) is 0 Å². The molecule has 2 fully saturated rings. The normalized spacial score (nSPS) is 23.2. The second-order valence-corrected chi connectivity index (χ2v) is 7.89. The van der Waals surface area contributed by atoms with E-state index in [9.17, 15) is 13.2 Å². The van der Waals surface area contributed by atoms with Crippen LogP contribution in [-0.2, 0) is 10.0 Å². The molecule has 1 saturated heterocycles. The van der Waals surface area contributed by atoms with Crippen LogP contribution in [0.5, 0.6) is 0 Å². The molecular weight excluding hydrogens is 308 g/mol. The lowest BCUT2D eigenvalue weighted by atomic mass is 10.1. The highest BCUT2D eigenvalue weighted by molar-refractivity contribution is 7.90. The quantitative estimate of drug-likeness (QED) is 0.812. The molecule has 2 N–H and O–H groups in total. The van der Waals surface area contributed by atoms with Crippen molar-refractivity contribution < 1.29 is 18.3 Å². The summed E-state index contributed by atoms with van der Waals surface area (Å²) in [4.78, 5) is 18.5. The summed E-state index contributed by atoms with van der Waals surface area (Å²) in [6, 6.07) is -0.0350. The topological polar surface area (TPSA) is 112 Å². The van der Waals surface area contributed by atoms with Crippen LogP contribution in [0.3, 0.4) is 0 Å². The highest BCUT2D eigenvalue weighted by Gasteiger charge is 2.41. The second kappa shape index (κ2) is 5.81. The van der Waals surface area contributed by atoms with Gasteiger partial charge in [0.15, 0.2) is 5.69 Å². The van der Waals surface area contributed by atoms with E-state index in [4.69, 9.17) is 5.11 Å². The van der Waals surface area contributed by atoms with E-state index in [0.29, 0.717) is 18.9 Å². The minimum atomic E-state index is -3.15. The molecule has 1 aromatic rings. The van der Waals surface area contributed by atoms with Crippen LogP contribution in [0.2, 0.25) is 0 Å². The summed E-state index contributed by atoms with van der Waals surface area (Å²) >= 11 is 0. The predicted octanol–water partition coefficient (Wildman–Crippen LogP) is 0.543. The van der Waals surface area contributed by atoms with E-state index in [0.717, 1.165) is 25.7 Å². The Labute approximate surface area is 128 Å². The van der Waals surface area contributed by atoms with E-state index in [-0.39, 0.29) is 17.0 Å². The molecule has 8 nitrogen and oxygen atoms in total. The number of aromatic nitrogens is 2. The molecule has 0 aromatic carbocycles. The van der Waals surface area contributed by atoms with Crippen LogP contribution in [0.1, 0.15) is 36.2 Å². The summed E-state index contributed by atoms with van der Waals surface area (Å²) in [6.45, 7) is 0.988. The Kier molecular flexibility index (Phi) is 4.00. The molecule has 3 rings (SSSR count). The van der Waals surface area contributed by atoms with Gasteiger partial charge >= 0.3 is 5.97 Å². The first-order valence-electron chi connectivity index (χ1n) is 7.27. The van der Waals surface area contributed by atoms with Crippen molar-refractivity contribution in [2.45, 2.75) is 37.0 Å². The highest BCUT2D eigenvalue weighted by Crippen LogP contribution is 2.32. The van der Waals surface area contributed by atoms with Gasteiger partial charge in [-0.15, -0.1) is 0 Å². The number of aromatic carboxylic acids is 1. The Balaban J connectivity index is 1.64. The Morgan fingerprint density at radius 3 is 2.64 bits per heavy atom. The van der Waals surface area contributed by atoms with Crippen molar-refractivity contribution in [2.24, 2.45) is 0 Å². The van der Waals surface area contributed by atoms with E-state index >= 15 is 0 Å². The number of carbonyl (C=O) groups is 1. The fraction of sp³-hybridized carbons (Fsp3) is 0.615. The zero-order chi connectivity index (χ0) is 15.7. The minimum absolute atomic E-state index is 0.0350. The van der Waals surface area contributed by atoms with Crippen molar-refractivity contribution in [1.82, 2.24) is 14.3 Å². The first kappa shape index (κ1) is 15.2. The molecule has 0 bridgehead atoms. The zero-order valence-corrected chi connectivity index (χ0v) is 12.8. The van der Waals surface area contributed by atoms with E-state index in [1.807, 2.05) is 0 Å². The standard InChI is InChI=1S/C13H18N4O4S/c18-13(19)11-6-15-12(7-14-11)16-9-2-1-5-17(8-9)22(20,21)10-3-4-10/h6-7,9-10H,1-5,8H2,(H,15,16)(H,18,19)/t9-/m1/s1. The Morgan fingerprint density at radius 2 is 2.05 bits per heavy atom. The molecule has 1 aliphatic heterocycles. The van der Waals surface area contributed by atoms with Crippen molar-refractivity contribution in [2.75, 3.05) is 18.4 Å². The van der Waals surface area contributed by atoms with Crippen LogP contribution >= 0.6 is 0 Å². The molecular formula is C13H18N4O4S. The third-order valence-corrected chi connectivity index (χ3v) is 6.28. The third-order valence-electron chi connectivity index (χ3n) is 3.91. The van der Waals surface area contributed by atoms with Crippen LogP contribution in [0.25, 0.3) is 0 Å². The van der Waals surface area contributed by atoms with Gasteiger partial charge < -0.3 is 10.4 Å². The van der Waals surface area contributed by atoms with E-state index < -0.39 is 16.0 Å². The fourth-order valence-electron chi connectivity index (χ4n) is 2.59. The van der Waals surface area contributed by atoms with Crippen molar-refractivity contribution in [3.8, 4) is 0 Å². The molecule has 1 atom stereocenters. The Bertz CT molecular complexity index is 657. The zero-order valence-electron chi connectivity index (χ0n) is 12.0. The summed E-state index contributed by atoms with van der Waals surface area (Å²) in [6.07, 6.45) is 5.71. The average molecular weight is 326 g/mol. The Morgan fingerprint density at radius 1 is 1.27 bits per heavy atom. The number of anilines is 1. The van der Waals surface area contributed by atoms with Crippen molar-refractivity contribution in [1.29, 1.82) is 0 Å². The van der Waals surface area contributed by atoms with Gasteiger partial charge in [-0.2, -0.15) is 4.31 Å². The molecule has 22 heavy (non-hydrogen) atoms. The van der Waals surface area contributed by atoms with Crippen molar-refractivity contribution in [3.63, 3.8) is 0 Å². The SMILES string of the molecule is O=C(O)c1cnc(N[C@@H]2CCCN(S(=O)(=O)C3CC3)C2)cn1. The van der Waals surface area contributed by atoms with Crippen molar-refractivity contribution in [3.05, 3.63) is 18.1 Å². The number of hydrogen-bond donors (Lipinski definition) is 2.